The molecule has 0 saturated heterocycles. The van der Waals surface area contributed by atoms with Gasteiger partial charge in [0.2, 0.25) is 0 Å². The van der Waals surface area contributed by atoms with Gasteiger partial charge in [-0.15, -0.1) is 0 Å². The van der Waals surface area contributed by atoms with Crippen molar-refractivity contribution in [3.8, 4) is 5.75 Å². The Morgan fingerprint density at radius 1 is 1.60 bits per heavy atom. The quantitative estimate of drug-likeness (QED) is 0.917. The van der Waals surface area contributed by atoms with E-state index in [1.54, 1.807) is 13.0 Å². The van der Waals surface area contributed by atoms with Crippen molar-refractivity contribution in [2.24, 2.45) is 0 Å². The summed E-state index contributed by atoms with van der Waals surface area (Å²) in [5.74, 6) is 0.675. The van der Waals surface area contributed by atoms with E-state index in [0.29, 0.717) is 22.9 Å². The largest absolute Gasteiger partial charge is 0.492 e. The highest BCUT2D eigenvalue weighted by Crippen LogP contribution is 2.39. The Morgan fingerprint density at radius 3 is 2.67 bits per heavy atom. The van der Waals surface area contributed by atoms with Crippen molar-refractivity contribution in [2.45, 2.75) is 26.9 Å². The van der Waals surface area contributed by atoms with Crippen molar-refractivity contribution in [2.75, 3.05) is 6.61 Å². The molecule has 0 bridgehead atoms. The number of aliphatic hydroxyl groups excluding tert-OH is 1. The number of hydrogen-bond acceptors (Lipinski definition) is 2. The summed E-state index contributed by atoms with van der Waals surface area (Å²) in [6.45, 7) is 6.05. The van der Waals surface area contributed by atoms with Crippen molar-refractivity contribution in [1.82, 2.24) is 0 Å². The van der Waals surface area contributed by atoms with Crippen molar-refractivity contribution >= 4 is 27.5 Å². The summed E-state index contributed by atoms with van der Waals surface area (Å²) in [7, 11) is 0. The van der Waals surface area contributed by atoms with Crippen LogP contribution in [0.2, 0.25) is 5.02 Å². The van der Waals surface area contributed by atoms with Crippen LogP contribution in [0, 0.1) is 6.92 Å². The predicted octanol–water partition coefficient (Wildman–Crippen LogP) is 3.86. The van der Waals surface area contributed by atoms with Crippen molar-refractivity contribution in [3.63, 3.8) is 0 Å². The standard InChI is InChI=1S/C11H14BrClO2/c1-4-15-11-8(7(3)14)5-9(13)6(2)10(11)12/h5,7,14H,4H2,1-3H3/t7-/m0/s1. The number of ether oxygens (including phenoxy) is 1. The summed E-state index contributed by atoms with van der Waals surface area (Å²) in [4.78, 5) is 0. The number of hydrogen-bond donors (Lipinski definition) is 1. The Balaban J connectivity index is 3.36. The summed E-state index contributed by atoms with van der Waals surface area (Å²) in [5.41, 5.74) is 1.63. The highest BCUT2D eigenvalue weighted by molar-refractivity contribution is 9.10. The summed E-state index contributed by atoms with van der Waals surface area (Å²) >= 11 is 9.47. The Bertz CT molecular complexity index is 364. The second-order valence-electron chi connectivity index (χ2n) is 3.32. The van der Waals surface area contributed by atoms with E-state index in [2.05, 4.69) is 15.9 Å². The zero-order chi connectivity index (χ0) is 11.6. The average Bonchev–Trinajstić information content (AvgIpc) is 2.18. The lowest BCUT2D eigenvalue weighted by Crippen LogP contribution is -2.02. The molecular weight excluding hydrogens is 279 g/mol. The zero-order valence-electron chi connectivity index (χ0n) is 8.97. The molecule has 0 unspecified atom stereocenters. The van der Waals surface area contributed by atoms with Gasteiger partial charge in [-0.25, -0.2) is 0 Å². The van der Waals surface area contributed by atoms with Crippen LogP contribution in [0.25, 0.3) is 0 Å². The van der Waals surface area contributed by atoms with Gasteiger partial charge in [-0.05, 0) is 48.3 Å². The normalized spacial score (nSPS) is 12.7. The number of aliphatic hydroxyl groups is 1. The van der Waals surface area contributed by atoms with E-state index in [4.69, 9.17) is 16.3 Å². The minimum Gasteiger partial charge on any atom is -0.492 e. The van der Waals surface area contributed by atoms with E-state index in [1.165, 1.54) is 0 Å². The van der Waals surface area contributed by atoms with Crippen LogP contribution >= 0.6 is 27.5 Å². The molecule has 1 atom stereocenters. The summed E-state index contributed by atoms with van der Waals surface area (Å²) in [5, 5.41) is 10.2. The van der Waals surface area contributed by atoms with Gasteiger partial charge in [0.05, 0.1) is 17.2 Å². The first-order chi connectivity index (χ1) is 6.99. The monoisotopic (exact) mass is 292 g/mol. The van der Waals surface area contributed by atoms with E-state index in [-0.39, 0.29) is 0 Å². The topological polar surface area (TPSA) is 29.5 Å². The Kier molecular flexibility index (Phi) is 4.44. The fourth-order valence-corrected chi connectivity index (χ4v) is 2.20. The van der Waals surface area contributed by atoms with Gasteiger partial charge in [-0.1, -0.05) is 11.6 Å². The average molecular weight is 294 g/mol. The molecule has 0 aromatic heterocycles. The molecular formula is C11H14BrClO2. The van der Waals surface area contributed by atoms with E-state index >= 15 is 0 Å². The van der Waals surface area contributed by atoms with Crippen LogP contribution in [0.1, 0.15) is 31.1 Å². The lowest BCUT2D eigenvalue weighted by molar-refractivity contribution is 0.192. The molecule has 1 N–H and O–H groups in total. The predicted molar refractivity (Wildman–Crippen MR) is 65.7 cm³/mol. The Hall–Kier alpha value is -0.250. The van der Waals surface area contributed by atoms with Crippen LogP contribution in [-0.2, 0) is 0 Å². The Labute approximate surface area is 103 Å². The highest BCUT2D eigenvalue weighted by atomic mass is 79.9. The number of rotatable bonds is 3. The van der Waals surface area contributed by atoms with Gasteiger partial charge in [-0.2, -0.15) is 0 Å². The lowest BCUT2D eigenvalue weighted by Gasteiger charge is -2.16. The lowest BCUT2D eigenvalue weighted by atomic mass is 10.1. The fourth-order valence-electron chi connectivity index (χ4n) is 1.31. The van der Waals surface area contributed by atoms with Crippen LogP contribution in [0.15, 0.2) is 10.5 Å². The molecule has 15 heavy (non-hydrogen) atoms. The molecule has 0 spiro atoms. The third-order valence-electron chi connectivity index (χ3n) is 2.17. The van der Waals surface area contributed by atoms with Crippen LogP contribution in [0.4, 0.5) is 0 Å². The minimum atomic E-state index is -0.596. The maximum Gasteiger partial charge on any atom is 0.139 e. The van der Waals surface area contributed by atoms with Gasteiger partial charge in [0.1, 0.15) is 5.75 Å². The summed E-state index contributed by atoms with van der Waals surface area (Å²) in [6, 6.07) is 1.75. The van der Waals surface area contributed by atoms with Crippen LogP contribution in [0.3, 0.4) is 0 Å². The van der Waals surface area contributed by atoms with Crippen molar-refractivity contribution in [1.29, 1.82) is 0 Å². The summed E-state index contributed by atoms with van der Waals surface area (Å²) in [6.07, 6.45) is -0.596. The third kappa shape index (κ3) is 2.65. The first-order valence-electron chi connectivity index (χ1n) is 4.78. The first-order valence-corrected chi connectivity index (χ1v) is 5.95. The minimum absolute atomic E-state index is 0.555. The second kappa shape index (κ2) is 5.19. The molecule has 4 heteroatoms. The van der Waals surface area contributed by atoms with E-state index in [9.17, 15) is 5.11 Å². The number of benzene rings is 1. The molecule has 2 nitrogen and oxygen atoms in total. The molecule has 1 aromatic rings. The molecule has 0 saturated carbocycles. The Morgan fingerprint density at radius 2 is 2.20 bits per heavy atom. The van der Waals surface area contributed by atoms with Crippen molar-refractivity contribution < 1.29 is 9.84 Å². The van der Waals surface area contributed by atoms with Gasteiger partial charge in [0.25, 0.3) is 0 Å². The molecule has 0 aliphatic carbocycles. The van der Waals surface area contributed by atoms with Gasteiger partial charge in [-0.3, -0.25) is 0 Å². The van der Waals surface area contributed by atoms with Gasteiger partial charge < -0.3 is 9.84 Å². The van der Waals surface area contributed by atoms with E-state index < -0.39 is 6.10 Å². The maximum atomic E-state index is 9.61. The molecule has 0 radical (unpaired) electrons. The molecule has 0 fully saturated rings. The number of halogens is 2. The van der Waals surface area contributed by atoms with Crippen LogP contribution in [-0.4, -0.2) is 11.7 Å². The van der Waals surface area contributed by atoms with E-state index in [1.807, 2.05) is 13.8 Å². The van der Waals surface area contributed by atoms with Crippen LogP contribution < -0.4 is 4.74 Å². The molecule has 1 aromatic carbocycles. The molecule has 0 heterocycles. The smallest absolute Gasteiger partial charge is 0.139 e. The van der Waals surface area contributed by atoms with Gasteiger partial charge >= 0.3 is 0 Å². The SMILES string of the molecule is CCOc1c([C@H](C)O)cc(Cl)c(C)c1Br. The molecule has 84 valence electrons. The zero-order valence-corrected chi connectivity index (χ0v) is 11.3. The third-order valence-corrected chi connectivity index (χ3v) is 3.52. The second-order valence-corrected chi connectivity index (χ2v) is 4.52. The maximum absolute atomic E-state index is 9.61. The molecule has 0 aliphatic rings. The van der Waals surface area contributed by atoms with Gasteiger partial charge in [0, 0.05) is 10.6 Å². The van der Waals surface area contributed by atoms with Crippen molar-refractivity contribution in [3.05, 3.63) is 26.7 Å². The molecule has 0 aliphatic heterocycles. The van der Waals surface area contributed by atoms with E-state index in [0.717, 1.165) is 10.0 Å². The summed E-state index contributed by atoms with van der Waals surface area (Å²) < 4.78 is 6.31. The van der Waals surface area contributed by atoms with Gasteiger partial charge in [0.15, 0.2) is 0 Å². The molecule has 1 rings (SSSR count). The fraction of sp³-hybridized carbons (Fsp3) is 0.455. The van der Waals surface area contributed by atoms with Crippen LogP contribution in [0.5, 0.6) is 5.75 Å². The first kappa shape index (κ1) is 12.8. The highest BCUT2D eigenvalue weighted by Gasteiger charge is 2.16. The molecule has 0 amide bonds.